The van der Waals surface area contributed by atoms with Gasteiger partial charge in [0.15, 0.2) is 0 Å². The Labute approximate surface area is 189 Å². The number of allylic oxidation sites excluding steroid dienone is 4. The molecule has 172 valence electrons. The zero-order valence-electron chi connectivity index (χ0n) is 21.4. The van der Waals surface area contributed by atoms with E-state index in [1.54, 1.807) is 0 Å². The summed E-state index contributed by atoms with van der Waals surface area (Å²) in [6.45, 7) is 14.7. The van der Waals surface area contributed by atoms with Crippen LogP contribution in [0.3, 0.4) is 0 Å². The molecule has 30 heavy (non-hydrogen) atoms. The Hall–Kier alpha value is -0.520. The van der Waals surface area contributed by atoms with Gasteiger partial charge >= 0.3 is 0 Å². The molecule has 4 unspecified atom stereocenters. The predicted molar refractivity (Wildman–Crippen MR) is 134 cm³/mol. The fourth-order valence-corrected chi connectivity index (χ4v) is 7.77. The number of hydrogen-bond acceptors (Lipinski definition) is 0. The molecule has 3 saturated carbocycles. The average molecular weight is 413 g/mol. The van der Waals surface area contributed by atoms with Gasteiger partial charge in [0.1, 0.15) is 0 Å². The Morgan fingerprint density at radius 1 is 0.600 bits per heavy atom. The van der Waals surface area contributed by atoms with Crippen LogP contribution in [-0.2, 0) is 0 Å². The maximum absolute atomic E-state index is 2.53. The van der Waals surface area contributed by atoms with Crippen molar-refractivity contribution in [3.8, 4) is 0 Å². The van der Waals surface area contributed by atoms with E-state index in [9.17, 15) is 0 Å². The molecule has 0 nitrogen and oxygen atoms in total. The van der Waals surface area contributed by atoms with Gasteiger partial charge in [-0.2, -0.15) is 0 Å². The summed E-state index contributed by atoms with van der Waals surface area (Å²) in [5.74, 6) is 5.61. The summed E-state index contributed by atoms with van der Waals surface area (Å²) in [6.07, 6.45) is 19.7. The summed E-state index contributed by atoms with van der Waals surface area (Å²) in [5.41, 5.74) is 7.60. The van der Waals surface area contributed by atoms with E-state index in [1.165, 1.54) is 89.9 Å². The summed E-state index contributed by atoms with van der Waals surface area (Å²) < 4.78 is 0. The van der Waals surface area contributed by atoms with Gasteiger partial charge in [0, 0.05) is 0 Å². The van der Waals surface area contributed by atoms with Crippen molar-refractivity contribution in [2.75, 3.05) is 0 Å². The molecule has 0 saturated heterocycles. The first-order valence-corrected chi connectivity index (χ1v) is 13.9. The van der Waals surface area contributed by atoms with Gasteiger partial charge < -0.3 is 0 Å². The normalized spacial score (nSPS) is 36.0. The molecular formula is C30H52. The molecule has 0 aromatic rings. The summed E-state index contributed by atoms with van der Waals surface area (Å²) in [6, 6.07) is 0. The minimum Gasteiger partial charge on any atom is -0.0701 e. The van der Waals surface area contributed by atoms with Crippen LogP contribution in [0.1, 0.15) is 131 Å². The lowest BCUT2D eigenvalue weighted by Gasteiger charge is -2.38. The van der Waals surface area contributed by atoms with Crippen LogP contribution < -0.4 is 0 Å². The lowest BCUT2D eigenvalue weighted by atomic mass is 9.68. The van der Waals surface area contributed by atoms with Gasteiger partial charge in [0.25, 0.3) is 0 Å². The van der Waals surface area contributed by atoms with Crippen LogP contribution in [0.2, 0.25) is 0 Å². The van der Waals surface area contributed by atoms with Gasteiger partial charge in [-0.1, -0.05) is 89.5 Å². The minimum absolute atomic E-state index is 0.902. The maximum Gasteiger partial charge on any atom is -0.0103 e. The summed E-state index contributed by atoms with van der Waals surface area (Å²) in [4.78, 5) is 0. The van der Waals surface area contributed by atoms with Crippen LogP contribution in [0.5, 0.6) is 0 Å². The molecule has 0 bridgehead atoms. The van der Waals surface area contributed by atoms with Crippen LogP contribution in [0, 0.1) is 35.5 Å². The monoisotopic (exact) mass is 412 g/mol. The highest BCUT2D eigenvalue weighted by Gasteiger charge is 2.31. The Morgan fingerprint density at radius 2 is 1.00 bits per heavy atom. The van der Waals surface area contributed by atoms with Crippen molar-refractivity contribution in [2.45, 2.75) is 131 Å². The predicted octanol–water partition coefficient (Wildman–Crippen LogP) is 9.90. The second kappa shape index (κ2) is 11.4. The van der Waals surface area contributed by atoms with Crippen molar-refractivity contribution in [1.29, 1.82) is 0 Å². The molecule has 3 aliphatic carbocycles. The first kappa shape index (κ1) is 24.1. The van der Waals surface area contributed by atoms with Crippen LogP contribution in [-0.4, -0.2) is 0 Å². The first-order chi connectivity index (χ1) is 14.5. The lowest BCUT2D eigenvalue weighted by molar-refractivity contribution is 0.225. The summed E-state index contributed by atoms with van der Waals surface area (Å²) in [5, 5.41) is 0. The maximum atomic E-state index is 2.53. The molecule has 0 aliphatic heterocycles. The van der Waals surface area contributed by atoms with Crippen molar-refractivity contribution in [3.05, 3.63) is 22.3 Å². The smallest absolute Gasteiger partial charge is 0.0103 e. The summed E-state index contributed by atoms with van der Waals surface area (Å²) in [7, 11) is 0. The Balaban J connectivity index is 1.79. The van der Waals surface area contributed by atoms with Crippen molar-refractivity contribution in [3.63, 3.8) is 0 Å². The lowest BCUT2D eigenvalue weighted by Crippen LogP contribution is -2.24. The molecule has 3 aliphatic rings. The third kappa shape index (κ3) is 5.83. The summed E-state index contributed by atoms with van der Waals surface area (Å²) >= 11 is 0. The Bertz CT molecular complexity index is 546. The standard InChI is InChI=1S/C30H52/c1-7-23(8-2)27-14-21(5)16-29(19-27)25-12-11-13-26(18-25)30-17-22(6)15-28(20-30)24(9-3)10-4/h21-24,27-28H,7-20H2,1-6H3. The van der Waals surface area contributed by atoms with Crippen molar-refractivity contribution in [1.82, 2.24) is 0 Å². The van der Waals surface area contributed by atoms with E-state index >= 15 is 0 Å². The molecule has 0 aromatic heterocycles. The van der Waals surface area contributed by atoms with Gasteiger partial charge in [-0.25, -0.2) is 0 Å². The van der Waals surface area contributed by atoms with Gasteiger partial charge in [-0.3, -0.25) is 0 Å². The minimum atomic E-state index is 0.902. The van der Waals surface area contributed by atoms with E-state index < -0.39 is 0 Å². The third-order valence-electron chi connectivity index (χ3n) is 9.43. The SMILES string of the molecule is CCC(CC)C1CC(=C2CCCC(=C3CC(C)CC(C(CC)CC)C3)C2)CC(C)C1. The van der Waals surface area contributed by atoms with Gasteiger partial charge in [-0.05, 0) is 99.7 Å². The molecule has 0 amide bonds. The molecular weight excluding hydrogens is 360 g/mol. The van der Waals surface area contributed by atoms with Crippen molar-refractivity contribution >= 4 is 0 Å². The Morgan fingerprint density at radius 3 is 1.37 bits per heavy atom. The molecule has 3 rings (SSSR count). The quantitative estimate of drug-likeness (QED) is 0.381. The highest BCUT2D eigenvalue weighted by molar-refractivity contribution is 5.30. The van der Waals surface area contributed by atoms with E-state index in [4.69, 9.17) is 0 Å². The van der Waals surface area contributed by atoms with E-state index in [0.717, 1.165) is 35.5 Å². The first-order valence-electron chi connectivity index (χ1n) is 13.9. The fraction of sp³-hybridized carbons (Fsp3) is 0.867. The molecule has 0 N–H and O–H groups in total. The highest BCUT2D eigenvalue weighted by Crippen LogP contribution is 2.46. The second-order valence-electron chi connectivity index (χ2n) is 11.6. The van der Waals surface area contributed by atoms with Gasteiger partial charge in [-0.15, -0.1) is 0 Å². The van der Waals surface area contributed by atoms with Crippen LogP contribution in [0.25, 0.3) is 0 Å². The molecule has 0 spiro atoms. The third-order valence-corrected chi connectivity index (χ3v) is 9.43. The molecule has 4 atom stereocenters. The van der Waals surface area contributed by atoms with Crippen molar-refractivity contribution < 1.29 is 0 Å². The molecule has 0 aromatic carbocycles. The van der Waals surface area contributed by atoms with E-state index in [1.807, 2.05) is 22.3 Å². The fourth-order valence-electron chi connectivity index (χ4n) is 7.77. The van der Waals surface area contributed by atoms with Gasteiger partial charge in [0.2, 0.25) is 0 Å². The number of rotatable bonds is 6. The molecule has 3 fully saturated rings. The average Bonchev–Trinajstić information content (AvgIpc) is 2.75. The molecule has 0 radical (unpaired) electrons. The highest BCUT2D eigenvalue weighted by atomic mass is 14.4. The topological polar surface area (TPSA) is 0 Å². The largest absolute Gasteiger partial charge is 0.0701 e. The molecule has 0 heterocycles. The second-order valence-corrected chi connectivity index (χ2v) is 11.6. The number of hydrogen-bond donors (Lipinski definition) is 0. The molecule has 0 heteroatoms. The van der Waals surface area contributed by atoms with Crippen LogP contribution in [0.4, 0.5) is 0 Å². The zero-order chi connectivity index (χ0) is 21.7. The zero-order valence-corrected chi connectivity index (χ0v) is 21.4. The van der Waals surface area contributed by atoms with Crippen LogP contribution in [0.15, 0.2) is 22.3 Å². The van der Waals surface area contributed by atoms with E-state index in [-0.39, 0.29) is 0 Å². The Kier molecular flexibility index (Phi) is 9.15. The van der Waals surface area contributed by atoms with Crippen molar-refractivity contribution in [2.24, 2.45) is 35.5 Å². The van der Waals surface area contributed by atoms with E-state index in [0.29, 0.717) is 0 Å². The van der Waals surface area contributed by atoms with Gasteiger partial charge in [0.05, 0.1) is 0 Å². The van der Waals surface area contributed by atoms with E-state index in [2.05, 4.69) is 41.5 Å². The van der Waals surface area contributed by atoms with Crippen LogP contribution >= 0.6 is 0 Å².